The Bertz CT molecular complexity index is 479. The molecule has 0 unspecified atom stereocenters. The number of amides is 1. The van der Waals surface area contributed by atoms with E-state index in [1.165, 1.54) is 38.5 Å². The molecule has 0 radical (unpaired) electrons. The summed E-state index contributed by atoms with van der Waals surface area (Å²) in [5.41, 5.74) is 7.26. The molecule has 1 amide bonds. The van der Waals surface area contributed by atoms with Crippen LogP contribution in [-0.2, 0) is 0 Å². The van der Waals surface area contributed by atoms with Crippen molar-refractivity contribution in [3.8, 4) is 0 Å². The van der Waals surface area contributed by atoms with Gasteiger partial charge in [0.25, 0.3) is 5.91 Å². The van der Waals surface area contributed by atoms with E-state index in [1.54, 1.807) is 0 Å². The lowest BCUT2D eigenvalue weighted by atomic mass is 9.95. The van der Waals surface area contributed by atoms with Crippen LogP contribution in [0.25, 0.3) is 0 Å². The molecule has 2 N–H and O–H groups in total. The average molecular weight is 361 g/mol. The number of nitrogen functional groups attached to an aromatic ring is 1. The number of carbonyl (C=O) groups excluding carboxylic acids is 1. The molecule has 2 atom stereocenters. The first-order valence-electron chi connectivity index (χ1n) is 10.7. The lowest BCUT2D eigenvalue weighted by Gasteiger charge is -2.31. The molecule has 26 heavy (non-hydrogen) atoms. The van der Waals surface area contributed by atoms with Gasteiger partial charge in [0.2, 0.25) is 0 Å². The maximum Gasteiger partial charge on any atom is 0.253 e. The largest absolute Gasteiger partial charge is 0.399 e. The van der Waals surface area contributed by atoms with Gasteiger partial charge in [-0.1, -0.05) is 66.2 Å². The van der Waals surface area contributed by atoms with Crippen LogP contribution in [0.1, 0.15) is 89.4 Å². The van der Waals surface area contributed by atoms with Crippen molar-refractivity contribution in [2.45, 2.75) is 79.1 Å². The molecule has 1 aromatic carbocycles. The Morgan fingerprint density at radius 2 is 1.35 bits per heavy atom. The summed E-state index contributed by atoms with van der Waals surface area (Å²) in [5, 5.41) is 0. The van der Waals surface area contributed by atoms with Crippen LogP contribution in [0.15, 0.2) is 24.3 Å². The molecule has 0 aliphatic carbocycles. The maximum atomic E-state index is 13.2. The maximum absolute atomic E-state index is 13.2. The third kappa shape index (κ3) is 7.80. The molecule has 3 heteroatoms. The number of hydrogen-bond acceptors (Lipinski definition) is 2. The molecule has 0 aliphatic rings. The summed E-state index contributed by atoms with van der Waals surface area (Å²) in [6.45, 7) is 10.7. The van der Waals surface area contributed by atoms with Gasteiger partial charge in [-0.2, -0.15) is 0 Å². The molecule has 148 valence electrons. The molecular formula is C23H40N2O. The van der Waals surface area contributed by atoms with Gasteiger partial charge in [0.15, 0.2) is 0 Å². The fraction of sp³-hybridized carbons (Fsp3) is 0.696. The summed E-state index contributed by atoms with van der Waals surface area (Å²) in [6, 6.07) is 7.39. The Kier molecular flexibility index (Phi) is 11.1. The quantitative estimate of drug-likeness (QED) is 0.429. The van der Waals surface area contributed by atoms with Crippen molar-refractivity contribution < 1.29 is 4.79 Å². The van der Waals surface area contributed by atoms with E-state index in [1.807, 2.05) is 24.3 Å². The molecule has 0 heterocycles. The summed E-state index contributed by atoms with van der Waals surface area (Å²) < 4.78 is 0. The standard InChI is InChI=1S/C23H40N2O/c1-5-9-11-19(7-3)17-25(18-20(8-4)12-10-6-2)23(26)21-13-15-22(24)16-14-21/h13-16,19-20H,5-12,17-18,24H2,1-4H3/t19-,20-/m0/s1. The van der Waals surface area contributed by atoms with Crippen LogP contribution in [0.4, 0.5) is 5.69 Å². The van der Waals surface area contributed by atoms with E-state index >= 15 is 0 Å². The number of unbranched alkanes of at least 4 members (excludes halogenated alkanes) is 2. The van der Waals surface area contributed by atoms with Gasteiger partial charge in [-0.25, -0.2) is 0 Å². The van der Waals surface area contributed by atoms with E-state index < -0.39 is 0 Å². The van der Waals surface area contributed by atoms with Gasteiger partial charge in [0.05, 0.1) is 0 Å². The highest BCUT2D eigenvalue weighted by atomic mass is 16.2. The van der Waals surface area contributed by atoms with E-state index in [-0.39, 0.29) is 5.91 Å². The Morgan fingerprint density at radius 3 is 1.73 bits per heavy atom. The van der Waals surface area contributed by atoms with Crippen molar-refractivity contribution in [2.75, 3.05) is 18.8 Å². The minimum Gasteiger partial charge on any atom is -0.399 e. The molecule has 0 saturated carbocycles. The second-order valence-electron chi connectivity index (χ2n) is 7.67. The van der Waals surface area contributed by atoms with E-state index in [0.717, 1.165) is 31.5 Å². The fourth-order valence-electron chi connectivity index (χ4n) is 3.51. The predicted molar refractivity (Wildman–Crippen MR) is 113 cm³/mol. The lowest BCUT2D eigenvalue weighted by molar-refractivity contribution is 0.0685. The monoisotopic (exact) mass is 360 g/mol. The molecule has 0 aliphatic heterocycles. The molecule has 0 saturated heterocycles. The number of anilines is 1. The van der Waals surface area contributed by atoms with Gasteiger partial charge in [-0.3, -0.25) is 4.79 Å². The number of benzene rings is 1. The third-order valence-electron chi connectivity index (χ3n) is 5.49. The molecule has 0 bridgehead atoms. The third-order valence-corrected chi connectivity index (χ3v) is 5.49. The van der Waals surface area contributed by atoms with Crippen molar-refractivity contribution in [1.29, 1.82) is 0 Å². The van der Waals surface area contributed by atoms with E-state index in [2.05, 4.69) is 32.6 Å². The van der Waals surface area contributed by atoms with Crippen molar-refractivity contribution in [3.63, 3.8) is 0 Å². The topological polar surface area (TPSA) is 46.3 Å². The minimum atomic E-state index is 0.162. The number of hydrogen-bond donors (Lipinski definition) is 1. The van der Waals surface area contributed by atoms with Gasteiger partial charge in [-0.15, -0.1) is 0 Å². The van der Waals surface area contributed by atoms with Gasteiger partial charge >= 0.3 is 0 Å². The van der Waals surface area contributed by atoms with Crippen LogP contribution in [-0.4, -0.2) is 23.9 Å². The average Bonchev–Trinajstić information content (AvgIpc) is 2.66. The first-order chi connectivity index (χ1) is 12.5. The van der Waals surface area contributed by atoms with Crippen LogP contribution in [0.2, 0.25) is 0 Å². The van der Waals surface area contributed by atoms with Crippen LogP contribution < -0.4 is 5.73 Å². The SMILES string of the molecule is CCCC[C@H](CC)CN(C[C@@H](CC)CCCC)C(=O)c1ccc(N)cc1. The highest BCUT2D eigenvalue weighted by molar-refractivity contribution is 5.94. The summed E-state index contributed by atoms with van der Waals surface area (Å²) in [5.74, 6) is 1.35. The minimum absolute atomic E-state index is 0.162. The van der Waals surface area contributed by atoms with Crippen LogP contribution in [0.5, 0.6) is 0 Å². The van der Waals surface area contributed by atoms with E-state index in [0.29, 0.717) is 17.5 Å². The first kappa shape index (κ1) is 22.5. The second kappa shape index (κ2) is 12.8. The van der Waals surface area contributed by atoms with Gasteiger partial charge in [0.1, 0.15) is 0 Å². The van der Waals surface area contributed by atoms with Crippen molar-refractivity contribution in [3.05, 3.63) is 29.8 Å². The molecular weight excluding hydrogens is 320 g/mol. The highest BCUT2D eigenvalue weighted by Gasteiger charge is 2.22. The van der Waals surface area contributed by atoms with Crippen molar-refractivity contribution in [2.24, 2.45) is 11.8 Å². The number of rotatable bonds is 13. The summed E-state index contributed by atoms with van der Waals surface area (Å²) in [4.78, 5) is 15.3. The van der Waals surface area contributed by atoms with Crippen molar-refractivity contribution in [1.82, 2.24) is 4.90 Å². The zero-order chi connectivity index (χ0) is 19.4. The lowest BCUT2D eigenvalue weighted by Crippen LogP contribution is -2.39. The Balaban J connectivity index is 2.91. The Hall–Kier alpha value is -1.51. The zero-order valence-electron chi connectivity index (χ0n) is 17.5. The Labute approximate surface area is 161 Å². The molecule has 0 fully saturated rings. The highest BCUT2D eigenvalue weighted by Crippen LogP contribution is 2.21. The van der Waals surface area contributed by atoms with E-state index in [4.69, 9.17) is 5.73 Å². The summed E-state index contributed by atoms with van der Waals surface area (Å²) in [6.07, 6.45) is 9.63. The van der Waals surface area contributed by atoms with Crippen LogP contribution in [0, 0.1) is 11.8 Å². The summed E-state index contributed by atoms with van der Waals surface area (Å²) in [7, 11) is 0. The number of nitrogens with zero attached hydrogens (tertiary/aromatic N) is 1. The fourth-order valence-corrected chi connectivity index (χ4v) is 3.51. The van der Waals surface area contributed by atoms with Gasteiger partial charge in [-0.05, 0) is 48.9 Å². The van der Waals surface area contributed by atoms with Crippen LogP contribution >= 0.6 is 0 Å². The normalized spacial score (nSPS) is 13.4. The van der Waals surface area contributed by atoms with Gasteiger partial charge in [0, 0.05) is 24.3 Å². The molecule has 0 aromatic heterocycles. The van der Waals surface area contributed by atoms with Gasteiger partial charge < -0.3 is 10.6 Å². The van der Waals surface area contributed by atoms with E-state index in [9.17, 15) is 4.79 Å². The summed E-state index contributed by atoms with van der Waals surface area (Å²) >= 11 is 0. The predicted octanol–water partition coefficient (Wildman–Crippen LogP) is 6.14. The van der Waals surface area contributed by atoms with Crippen molar-refractivity contribution >= 4 is 11.6 Å². The number of nitrogens with two attached hydrogens (primary N) is 1. The molecule has 1 rings (SSSR count). The molecule has 3 nitrogen and oxygen atoms in total. The number of carbonyl (C=O) groups is 1. The zero-order valence-corrected chi connectivity index (χ0v) is 17.5. The first-order valence-corrected chi connectivity index (χ1v) is 10.7. The second-order valence-corrected chi connectivity index (χ2v) is 7.67. The molecule has 1 aromatic rings. The molecule has 0 spiro atoms. The Morgan fingerprint density at radius 1 is 0.885 bits per heavy atom. The smallest absolute Gasteiger partial charge is 0.253 e. The van der Waals surface area contributed by atoms with Crippen LogP contribution in [0.3, 0.4) is 0 Å².